The molecular weight excluding hydrogens is 188 g/mol. The highest BCUT2D eigenvalue weighted by molar-refractivity contribution is 5.91. The van der Waals surface area contributed by atoms with Crippen LogP contribution >= 0.6 is 0 Å². The van der Waals surface area contributed by atoms with E-state index in [1.54, 1.807) is 0 Å². The predicted octanol–water partition coefficient (Wildman–Crippen LogP) is 2.41. The predicted molar refractivity (Wildman–Crippen MR) is 64.4 cm³/mol. The van der Waals surface area contributed by atoms with E-state index >= 15 is 0 Å². The van der Waals surface area contributed by atoms with Crippen LogP contribution < -0.4 is 10.2 Å². The SMILES string of the molecule is CCC(=O)Nc1ccc(N(C)C)cc1C. The van der Waals surface area contributed by atoms with Gasteiger partial charge in [0.1, 0.15) is 0 Å². The highest BCUT2D eigenvalue weighted by Crippen LogP contribution is 2.21. The summed E-state index contributed by atoms with van der Waals surface area (Å²) in [6, 6.07) is 6.00. The number of rotatable bonds is 3. The van der Waals surface area contributed by atoms with Crippen molar-refractivity contribution >= 4 is 17.3 Å². The van der Waals surface area contributed by atoms with Gasteiger partial charge in [-0.15, -0.1) is 0 Å². The standard InChI is InChI=1S/C12H18N2O/c1-5-12(15)13-11-7-6-10(14(3)4)8-9(11)2/h6-8H,5H2,1-4H3,(H,13,15). The minimum Gasteiger partial charge on any atom is -0.378 e. The molecule has 1 amide bonds. The Labute approximate surface area is 91.1 Å². The van der Waals surface area contributed by atoms with E-state index in [0.29, 0.717) is 6.42 Å². The molecule has 0 saturated carbocycles. The maximum Gasteiger partial charge on any atom is 0.224 e. The van der Waals surface area contributed by atoms with Crippen molar-refractivity contribution < 1.29 is 4.79 Å². The lowest BCUT2D eigenvalue weighted by Crippen LogP contribution is -2.12. The fourth-order valence-electron chi connectivity index (χ4n) is 1.30. The van der Waals surface area contributed by atoms with Crippen molar-refractivity contribution in [1.82, 2.24) is 0 Å². The first-order valence-corrected chi connectivity index (χ1v) is 5.12. The van der Waals surface area contributed by atoms with E-state index in [4.69, 9.17) is 0 Å². The van der Waals surface area contributed by atoms with Crippen molar-refractivity contribution in [3.8, 4) is 0 Å². The molecule has 0 aromatic heterocycles. The van der Waals surface area contributed by atoms with Crippen LogP contribution in [0.3, 0.4) is 0 Å². The lowest BCUT2D eigenvalue weighted by molar-refractivity contribution is -0.115. The van der Waals surface area contributed by atoms with Crippen molar-refractivity contribution in [2.24, 2.45) is 0 Å². The van der Waals surface area contributed by atoms with Crippen molar-refractivity contribution in [3.63, 3.8) is 0 Å². The zero-order valence-electron chi connectivity index (χ0n) is 9.79. The van der Waals surface area contributed by atoms with E-state index < -0.39 is 0 Å². The normalized spacial score (nSPS) is 9.87. The van der Waals surface area contributed by atoms with Gasteiger partial charge in [-0.2, -0.15) is 0 Å². The molecule has 0 bridgehead atoms. The van der Waals surface area contributed by atoms with Gasteiger partial charge in [0.2, 0.25) is 5.91 Å². The average Bonchev–Trinajstić information content (AvgIpc) is 2.20. The van der Waals surface area contributed by atoms with Crippen molar-refractivity contribution in [2.45, 2.75) is 20.3 Å². The number of aryl methyl sites for hydroxylation is 1. The average molecular weight is 206 g/mol. The lowest BCUT2D eigenvalue weighted by atomic mass is 10.1. The Kier molecular flexibility index (Phi) is 3.72. The summed E-state index contributed by atoms with van der Waals surface area (Å²) in [6.07, 6.45) is 0.509. The maximum absolute atomic E-state index is 11.2. The molecule has 1 N–H and O–H groups in total. The molecular formula is C12H18N2O. The largest absolute Gasteiger partial charge is 0.378 e. The lowest BCUT2D eigenvalue weighted by Gasteiger charge is -2.15. The summed E-state index contributed by atoms with van der Waals surface area (Å²) < 4.78 is 0. The molecule has 0 spiro atoms. The molecule has 0 heterocycles. The minimum absolute atomic E-state index is 0.0516. The molecule has 0 aliphatic carbocycles. The highest BCUT2D eigenvalue weighted by Gasteiger charge is 2.03. The zero-order chi connectivity index (χ0) is 11.4. The molecule has 0 aliphatic rings. The van der Waals surface area contributed by atoms with Gasteiger partial charge in [-0.25, -0.2) is 0 Å². The van der Waals surface area contributed by atoms with Crippen LogP contribution in [-0.4, -0.2) is 20.0 Å². The van der Waals surface area contributed by atoms with Crippen LogP contribution in [0, 0.1) is 6.92 Å². The van der Waals surface area contributed by atoms with Crippen molar-refractivity contribution in [2.75, 3.05) is 24.3 Å². The Morgan fingerprint density at radius 2 is 2.07 bits per heavy atom. The third-order valence-electron chi connectivity index (χ3n) is 2.32. The quantitative estimate of drug-likeness (QED) is 0.823. The molecule has 0 radical (unpaired) electrons. The molecule has 1 rings (SSSR count). The Hall–Kier alpha value is -1.51. The van der Waals surface area contributed by atoms with Gasteiger partial charge in [0.15, 0.2) is 0 Å². The van der Waals surface area contributed by atoms with Gasteiger partial charge >= 0.3 is 0 Å². The second-order valence-electron chi connectivity index (χ2n) is 3.80. The molecule has 0 fully saturated rings. The summed E-state index contributed by atoms with van der Waals surface area (Å²) in [4.78, 5) is 13.3. The van der Waals surface area contributed by atoms with Gasteiger partial charge in [0, 0.05) is 31.9 Å². The van der Waals surface area contributed by atoms with Gasteiger partial charge < -0.3 is 10.2 Å². The monoisotopic (exact) mass is 206 g/mol. The first-order chi connectivity index (χ1) is 7.04. The van der Waals surface area contributed by atoms with E-state index in [1.807, 2.05) is 45.0 Å². The summed E-state index contributed by atoms with van der Waals surface area (Å²) in [5.74, 6) is 0.0516. The van der Waals surface area contributed by atoms with Crippen LogP contribution in [0.1, 0.15) is 18.9 Å². The molecule has 3 heteroatoms. The van der Waals surface area contributed by atoms with Crippen LogP contribution in [0.5, 0.6) is 0 Å². The first-order valence-electron chi connectivity index (χ1n) is 5.12. The third kappa shape index (κ3) is 2.98. The summed E-state index contributed by atoms with van der Waals surface area (Å²) >= 11 is 0. The highest BCUT2D eigenvalue weighted by atomic mass is 16.1. The second kappa shape index (κ2) is 4.82. The van der Waals surface area contributed by atoms with Crippen LogP contribution in [0.25, 0.3) is 0 Å². The zero-order valence-corrected chi connectivity index (χ0v) is 9.79. The van der Waals surface area contributed by atoms with Crippen molar-refractivity contribution in [3.05, 3.63) is 23.8 Å². The fraction of sp³-hybridized carbons (Fsp3) is 0.417. The number of carbonyl (C=O) groups excluding carboxylic acids is 1. The number of amides is 1. The molecule has 1 aromatic carbocycles. The maximum atomic E-state index is 11.2. The van der Waals surface area contributed by atoms with E-state index in [-0.39, 0.29) is 5.91 Å². The Morgan fingerprint density at radius 3 is 2.53 bits per heavy atom. The topological polar surface area (TPSA) is 32.3 Å². The molecule has 0 atom stereocenters. The summed E-state index contributed by atoms with van der Waals surface area (Å²) in [5.41, 5.74) is 3.12. The molecule has 0 saturated heterocycles. The summed E-state index contributed by atoms with van der Waals surface area (Å²) in [5, 5.41) is 2.87. The number of nitrogens with one attached hydrogen (secondary N) is 1. The first kappa shape index (κ1) is 11.6. The van der Waals surface area contributed by atoms with Crippen LogP contribution in [0.2, 0.25) is 0 Å². The van der Waals surface area contributed by atoms with E-state index in [2.05, 4.69) is 11.4 Å². The molecule has 15 heavy (non-hydrogen) atoms. The number of hydrogen-bond donors (Lipinski definition) is 1. The van der Waals surface area contributed by atoms with Crippen LogP contribution in [-0.2, 0) is 4.79 Å². The Morgan fingerprint density at radius 1 is 1.40 bits per heavy atom. The van der Waals surface area contributed by atoms with E-state index in [0.717, 1.165) is 16.9 Å². The van der Waals surface area contributed by atoms with Crippen molar-refractivity contribution in [1.29, 1.82) is 0 Å². The van der Waals surface area contributed by atoms with Crippen LogP contribution in [0.4, 0.5) is 11.4 Å². The Bertz CT molecular complexity index is 359. The minimum atomic E-state index is 0.0516. The number of benzene rings is 1. The summed E-state index contributed by atoms with van der Waals surface area (Å²) in [7, 11) is 4.00. The molecule has 0 aliphatic heterocycles. The van der Waals surface area contributed by atoms with Gasteiger partial charge in [-0.05, 0) is 30.7 Å². The number of anilines is 2. The molecule has 3 nitrogen and oxygen atoms in total. The van der Waals surface area contributed by atoms with Crippen LogP contribution in [0.15, 0.2) is 18.2 Å². The smallest absolute Gasteiger partial charge is 0.224 e. The van der Waals surface area contributed by atoms with E-state index in [1.165, 1.54) is 0 Å². The second-order valence-corrected chi connectivity index (χ2v) is 3.80. The third-order valence-corrected chi connectivity index (χ3v) is 2.32. The van der Waals surface area contributed by atoms with Gasteiger partial charge in [0.25, 0.3) is 0 Å². The number of hydrogen-bond acceptors (Lipinski definition) is 2. The number of nitrogens with zero attached hydrogens (tertiary/aromatic N) is 1. The Balaban J connectivity index is 2.88. The molecule has 82 valence electrons. The van der Waals surface area contributed by atoms with Gasteiger partial charge in [0.05, 0.1) is 0 Å². The van der Waals surface area contributed by atoms with E-state index in [9.17, 15) is 4.79 Å². The number of carbonyl (C=O) groups is 1. The molecule has 0 unspecified atom stereocenters. The van der Waals surface area contributed by atoms with Gasteiger partial charge in [-0.3, -0.25) is 4.79 Å². The summed E-state index contributed by atoms with van der Waals surface area (Å²) in [6.45, 7) is 3.84. The molecule has 1 aromatic rings. The van der Waals surface area contributed by atoms with Gasteiger partial charge in [-0.1, -0.05) is 6.92 Å². The fourth-order valence-corrected chi connectivity index (χ4v) is 1.30.